The van der Waals surface area contributed by atoms with Gasteiger partial charge in [-0.15, -0.1) is 0 Å². The number of carbonyl (C=O) groups excluding carboxylic acids is 1. The number of rotatable bonds is 15. The van der Waals surface area contributed by atoms with E-state index in [4.69, 9.17) is 4.74 Å². The second-order valence-electron chi connectivity index (χ2n) is 5.79. The Kier molecular flexibility index (Phi) is 17.1. The third-order valence-corrected chi connectivity index (χ3v) is 3.64. The molecule has 0 aromatic rings. The highest BCUT2D eigenvalue weighted by molar-refractivity contribution is 5.69. The molecular formula is C20H36O2. The van der Waals surface area contributed by atoms with Crippen LogP contribution in [0.25, 0.3) is 0 Å². The van der Waals surface area contributed by atoms with Crippen molar-refractivity contribution in [3.63, 3.8) is 0 Å². The summed E-state index contributed by atoms with van der Waals surface area (Å²) in [5.74, 6) is -0.0480. The molecule has 0 aromatic heterocycles. The lowest BCUT2D eigenvalue weighted by Gasteiger charge is -2.01. The number of hydrogen-bond donors (Lipinski definition) is 0. The molecule has 0 atom stereocenters. The lowest BCUT2D eigenvalue weighted by molar-refractivity contribution is -0.143. The lowest BCUT2D eigenvalue weighted by Crippen LogP contribution is -2.03. The quantitative estimate of drug-likeness (QED) is 0.200. The topological polar surface area (TPSA) is 26.3 Å². The van der Waals surface area contributed by atoms with Crippen LogP contribution in [0, 0.1) is 0 Å². The molecule has 128 valence electrons. The number of ether oxygens (including phenoxy) is 1. The molecule has 0 amide bonds. The van der Waals surface area contributed by atoms with Crippen molar-refractivity contribution in [2.24, 2.45) is 0 Å². The molecule has 2 nitrogen and oxygen atoms in total. The number of unbranched alkanes of at least 4 members (excludes halogenated alkanes) is 8. The van der Waals surface area contributed by atoms with E-state index in [-0.39, 0.29) is 5.97 Å². The van der Waals surface area contributed by atoms with Crippen LogP contribution < -0.4 is 0 Å². The lowest BCUT2D eigenvalue weighted by atomic mass is 10.1. The molecule has 0 spiro atoms. The van der Waals surface area contributed by atoms with Gasteiger partial charge < -0.3 is 4.74 Å². The van der Waals surface area contributed by atoms with Gasteiger partial charge in [0.2, 0.25) is 0 Å². The monoisotopic (exact) mass is 308 g/mol. The van der Waals surface area contributed by atoms with Gasteiger partial charge in [-0.1, -0.05) is 63.3 Å². The first kappa shape index (κ1) is 20.9. The smallest absolute Gasteiger partial charge is 0.305 e. The van der Waals surface area contributed by atoms with E-state index in [1.165, 1.54) is 51.4 Å². The molecule has 0 aliphatic carbocycles. The highest BCUT2D eigenvalue weighted by Gasteiger charge is 2.00. The zero-order chi connectivity index (χ0) is 16.3. The van der Waals surface area contributed by atoms with Crippen molar-refractivity contribution in [3.8, 4) is 0 Å². The third kappa shape index (κ3) is 17.0. The van der Waals surface area contributed by atoms with Crippen LogP contribution in [0.2, 0.25) is 0 Å². The Hall–Kier alpha value is -1.05. The summed E-state index contributed by atoms with van der Waals surface area (Å²) in [5, 5.41) is 0. The molecular weight excluding hydrogens is 272 g/mol. The van der Waals surface area contributed by atoms with Gasteiger partial charge in [0, 0.05) is 6.42 Å². The van der Waals surface area contributed by atoms with Crippen molar-refractivity contribution < 1.29 is 9.53 Å². The number of esters is 1. The Morgan fingerprint density at radius 1 is 0.773 bits per heavy atom. The number of allylic oxidation sites excluding steroid dienone is 4. The summed E-state index contributed by atoms with van der Waals surface area (Å²) in [4.78, 5) is 11.1. The van der Waals surface area contributed by atoms with Gasteiger partial charge in [-0.05, 0) is 45.4 Å². The molecule has 0 rings (SSSR count). The van der Waals surface area contributed by atoms with E-state index in [0.717, 1.165) is 19.3 Å². The van der Waals surface area contributed by atoms with Gasteiger partial charge in [-0.2, -0.15) is 0 Å². The molecule has 0 unspecified atom stereocenters. The molecule has 0 radical (unpaired) electrons. The van der Waals surface area contributed by atoms with E-state index in [1.54, 1.807) is 0 Å². The Morgan fingerprint density at radius 3 is 2.00 bits per heavy atom. The number of carbonyl (C=O) groups is 1. The fraction of sp³-hybridized carbons (Fsp3) is 0.750. The van der Waals surface area contributed by atoms with Crippen molar-refractivity contribution >= 4 is 5.97 Å². The number of hydrogen-bond acceptors (Lipinski definition) is 2. The summed E-state index contributed by atoms with van der Waals surface area (Å²) in [5.41, 5.74) is 0. The van der Waals surface area contributed by atoms with Crippen molar-refractivity contribution in [3.05, 3.63) is 24.3 Å². The Labute approximate surface area is 138 Å². The van der Waals surface area contributed by atoms with Crippen LogP contribution in [-0.2, 0) is 9.53 Å². The minimum Gasteiger partial charge on any atom is -0.466 e. The predicted octanol–water partition coefficient (Wildman–Crippen LogP) is 6.36. The van der Waals surface area contributed by atoms with Crippen LogP contribution in [0.5, 0.6) is 0 Å². The van der Waals surface area contributed by atoms with Gasteiger partial charge in [0.15, 0.2) is 0 Å². The van der Waals surface area contributed by atoms with Gasteiger partial charge in [0.25, 0.3) is 0 Å². The van der Waals surface area contributed by atoms with E-state index < -0.39 is 0 Å². The fourth-order valence-corrected chi connectivity index (χ4v) is 2.31. The Balaban J connectivity index is 3.22. The van der Waals surface area contributed by atoms with Crippen LogP contribution in [0.3, 0.4) is 0 Å². The van der Waals surface area contributed by atoms with Gasteiger partial charge in [-0.3, -0.25) is 4.79 Å². The molecule has 0 fully saturated rings. The maximum Gasteiger partial charge on any atom is 0.305 e. The summed E-state index contributed by atoms with van der Waals surface area (Å²) in [6.07, 6.45) is 23.1. The maximum atomic E-state index is 11.1. The zero-order valence-electron chi connectivity index (χ0n) is 14.8. The first-order valence-corrected chi connectivity index (χ1v) is 9.26. The Morgan fingerprint density at radius 2 is 1.36 bits per heavy atom. The summed E-state index contributed by atoms with van der Waals surface area (Å²) >= 11 is 0. The zero-order valence-corrected chi connectivity index (χ0v) is 14.8. The Bertz CT molecular complexity index is 292. The minimum atomic E-state index is -0.0480. The SMILES string of the molecule is CCCCC/C=C/C/C=C\CCCCCCCC(=O)OCC. The van der Waals surface area contributed by atoms with Crippen molar-refractivity contribution in [1.82, 2.24) is 0 Å². The third-order valence-electron chi connectivity index (χ3n) is 3.64. The van der Waals surface area contributed by atoms with E-state index in [0.29, 0.717) is 13.0 Å². The van der Waals surface area contributed by atoms with Gasteiger partial charge in [0.05, 0.1) is 6.61 Å². The van der Waals surface area contributed by atoms with Crippen LogP contribution >= 0.6 is 0 Å². The average molecular weight is 309 g/mol. The molecule has 0 aliphatic rings. The largest absolute Gasteiger partial charge is 0.466 e. The van der Waals surface area contributed by atoms with Gasteiger partial charge >= 0.3 is 5.97 Å². The second-order valence-corrected chi connectivity index (χ2v) is 5.79. The van der Waals surface area contributed by atoms with E-state index in [2.05, 4.69) is 31.2 Å². The molecule has 0 aliphatic heterocycles. The normalized spacial score (nSPS) is 11.5. The van der Waals surface area contributed by atoms with Crippen LogP contribution in [0.1, 0.15) is 90.9 Å². The molecule has 0 aromatic carbocycles. The highest BCUT2D eigenvalue weighted by Crippen LogP contribution is 2.08. The van der Waals surface area contributed by atoms with Crippen molar-refractivity contribution in [2.45, 2.75) is 90.9 Å². The first-order chi connectivity index (χ1) is 10.8. The summed E-state index contributed by atoms with van der Waals surface area (Å²) in [6, 6.07) is 0. The molecule has 0 heterocycles. The molecule has 0 bridgehead atoms. The van der Waals surface area contributed by atoms with Crippen LogP contribution in [0.15, 0.2) is 24.3 Å². The molecule has 22 heavy (non-hydrogen) atoms. The van der Waals surface area contributed by atoms with Crippen molar-refractivity contribution in [2.75, 3.05) is 6.61 Å². The average Bonchev–Trinajstić information content (AvgIpc) is 2.51. The van der Waals surface area contributed by atoms with E-state index in [1.807, 2.05) is 6.92 Å². The standard InChI is InChI=1S/C20H36O2/c1-3-5-6-7-8-9-10-11-12-13-14-15-16-17-18-19-20(21)22-4-2/h8-9,11-12H,3-7,10,13-19H2,1-2H3/b9-8+,12-11-. The second kappa shape index (κ2) is 18.0. The molecule has 0 saturated heterocycles. The van der Waals surface area contributed by atoms with Crippen molar-refractivity contribution in [1.29, 1.82) is 0 Å². The first-order valence-electron chi connectivity index (χ1n) is 9.26. The predicted molar refractivity (Wildman–Crippen MR) is 96.0 cm³/mol. The molecule has 2 heteroatoms. The summed E-state index contributed by atoms with van der Waals surface area (Å²) < 4.78 is 4.91. The van der Waals surface area contributed by atoms with E-state index >= 15 is 0 Å². The minimum absolute atomic E-state index is 0.0480. The van der Waals surface area contributed by atoms with Gasteiger partial charge in [-0.25, -0.2) is 0 Å². The van der Waals surface area contributed by atoms with E-state index in [9.17, 15) is 4.79 Å². The fourth-order valence-electron chi connectivity index (χ4n) is 2.31. The highest BCUT2D eigenvalue weighted by atomic mass is 16.5. The van der Waals surface area contributed by atoms with Gasteiger partial charge in [0.1, 0.15) is 0 Å². The van der Waals surface area contributed by atoms with Crippen LogP contribution in [0.4, 0.5) is 0 Å². The summed E-state index contributed by atoms with van der Waals surface area (Å²) in [6.45, 7) is 4.60. The molecule has 0 saturated carbocycles. The summed E-state index contributed by atoms with van der Waals surface area (Å²) in [7, 11) is 0. The molecule has 0 N–H and O–H groups in total. The maximum absolute atomic E-state index is 11.1. The van der Waals surface area contributed by atoms with Crippen LogP contribution in [-0.4, -0.2) is 12.6 Å².